The number of hydrogen-bond donors (Lipinski definition) is 1. The Hall–Kier alpha value is -4.34. The number of amides is 2. The number of allylic oxidation sites excluding steroid dienone is 3. The van der Waals surface area contributed by atoms with Gasteiger partial charge in [0.05, 0.1) is 59.9 Å². The van der Waals surface area contributed by atoms with Crippen LogP contribution in [0.2, 0.25) is 0 Å². The molecule has 3 aliphatic carbocycles. The maximum atomic E-state index is 15.0. The third-order valence-corrected chi connectivity index (χ3v) is 16.0. The van der Waals surface area contributed by atoms with Gasteiger partial charge in [-0.3, -0.25) is 28.8 Å². The van der Waals surface area contributed by atoms with Crippen LogP contribution in [0.4, 0.5) is 0 Å². The summed E-state index contributed by atoms with van der Waals surface area (Å²) < 4.78 is 53.4. The number of hydrogen-bond acceptors (Lipinski definition) is 12. The van der Waals surface area contributed by atoms with Crippen molar-refractivity contribution >= 4 is 44.5 Å². The summed E-state index contributed by atoms with van der Waals surface area (Å²) in [6, 6.07) is 6.76. The summed E-state index contributed by atoms with van der Waals surface area (Å²) in [5.41, 5.74) is -0.551. The van der Waals surface area contributed by atoms with Crippen LogP contribution in [0.5, 0.6) is 11.6 Å². The molecule has 8 rings (SSSR count). The van der Waals surface area contributed by atoms with E-state index in [4.69, 9.17) is 23.9 Å². The number of ether oxygens (including phenoxy) is 4. The minimum absolute atomic E-state index is 0.0265. The van der Waals surface area contributed by atoms with Crippen LogP contribution in [0.15, 0.2) is 49.1 Å². The van der Waals surface area contributed by atoms with Crippen molar-refractivity contribution in [1.82, 2.24) is 19.5 Å². The first-order valence-electron chi connectivity index (χ1n) is 23.0. The molecule has 4 heterocycles. The molecule has 3 aliphatic heterocycles. The van der Waals surface area contributed by atoms with Gasteiger partial charge in [0.2, 0.25) is 27.7 Å². The lowest BCUT2D eigenvalue weighted by Gasteiger charge is -2.35. The summed E-state index contributed by atoms with van der Waals surface area (Å²) in [4.78, 5) is 66.3. The Morgan fingerprint density at radius 1 is 1.05 bits per heavy atom. The van der Waals surface area contributed by atoms with E-state index in [0.29, 0.717) is 56.2 Å². The molecule has 5 fully saturated rings. The predicted molar refractivity (Wildman–Crippen MR) is 236 cm³/mol. The fraction of sp³-hybridized carbons (Fsp3) is 0.646. The molecule has 63 heavy (non-hydrogen) atoms. The highest BCUT2D eigenvalue weighted by atomic mass is 32.2. The molecule has 0 spiro atoms. The summed E-state index contributed by atoms with van der Waals surface area (Å²) in [5, 5.41) is 0.237. The minimum Gasteiger partial charge on any atom is -0.491 e. The van der Waals surface area contributed by atoms with Gasteiger partial charge in [-0.2, -0.15) is 0 Å². The molecule has 1 N–H and O–H groups in total. The Morgan fingerprint density at radius 3 is 2.56 bits per heavy atom. The molecule has 2 bridgehead atoms. The highest BCUT2D eigenvalue weighted by molar-refractivity contribution is 7.90. The topological polar surface area (TPSA) is 171 Å². The van der Waals surface area contributed by atoms with Crippen LogP contribution in [0.3, 0.4) is 0 Å². The van der Waals surface area contributed by atoms with Crippen LogP contribution in [0.25, 0.3) is 10.9 Å². The van der Waals surface area contributed by atoms with Crippen LogP contribution in [0, 0.1) is 28.6 Å². The summed E-state index contributed by atoms with van der Waals surface area (Å²) in [6.07, 6.45) is 10.6. The fourth-order valence-electron chi connectivity index (χ4n) is 10.1. The standard InChI is InChI=1S/C48H64N4O10S/c1-5-32-28-48(32,46(56)50-63(57,58)34-18-19-34)29-40(53)39-26-33-30-52(39)45(55)37(47(2,3)4)27-42(54)62-41-17-11-13-31(41)12-7-6-8-15-36-43(60-25-22-51-20-23-59-24-21-51)35-14-9-10-16-38(35)49-44(36)61-33/h5-6,8-10,14,16,31-34,37,39,41H,1,7,11-13,15,17-30H2,2-4H3,(H,50,56)/b8-6+/t31-,32-,33-,37-,39+,41-,48-/m1/s1. The van der Waals surface area contributed by atoms with E-state index in [1.807, 2.05) is 45.0 Å². The van der Waals surface area contributed by atoms with Crippen molar-refractivity contribution in [3.8, 4) is 11.6 Å². The van der Waals surface area contributed by atoms with Crippen molar-refractivity contribution in [2.75, 3.05) is 46.0 Å². The molecule has 1 aromatic carbocycles. The maximum Gasteiger partial charge on any atom is 0.306 e. The normalized spacial score (nSPS) is 30.2. The number of benzene rings is 1. The van der Waals surface area contributed by atoms with E-state index in [1.54, 1.807) is 6.08 Å². The van der Waals surface area contributed by atoms with Gasteiger partial charge in [-0.25, -0.2) is 13.4 Å². The zero-order valence-corrected chi connectivity index (χ0v) is 37.9. The van der Waals surface area contributed by atoms with Gasteiger partial charge in [-0.15, -0.1) is 6.58 Å². The molecule has 14 nitrogen and oxygen atoms in total. The summed E-state index contributed by atoms with van der Waals surface area (Å²) in [6.45, 7) is 13.8. The molecule has 6 aliphatic rings. The molecule has 15 heteroatoms. The number of carbonyl (C=O) groups excluding carboxylic acids is 4. The molecule has 2 aromatic rings. The number of sulfonamides is 1. The zero-order chi connectivity index (χ0) is 44.5. The van der Waals surface area contributed by atoms with E-state index in [1.165, 1.54) is 4.90 Å². The summed E-state index contributed by atoms with van der Waals surface area (Å²) in [7, 11) is -3.88. The van der Waals surface area contributed by atoms with Gasteiger partial charge >= 0.3 is 5.97 Å². The molecular formula is C48H64N4O10S. The van der Waals surface area contributed by atoms with Crippen molar-refractivity contribution in [1.29, 1.82) is 0 Å². The molecule has 0 radical (unpaired) electrons. The van der Waals surface area contributed by atoms with Gasteiger partial charge in [-0.05, 0) is 87.2 Å². The van der Waals surface area contributed by atoms with Crippen molar-refractivity contribution in [2.45, 2.75) is 121 Å². The highest BCUT2D eigenvalue weighted by Crippen LogP contribution is 2.57. The molecule has 1 aromatic heterocycles. The Kier molecular flexibility index (Phi) is 13.4. The molecule has 3 saturated carbocycles. The first-order valence-corrected chi connectivity index (χ1v) is 24.6. The number of aromatic nitrogens is 1. The van der Waals surface area contributed by atoms with Crippen molar-refractivity contribution < 1.29 is 46.5 Å². The third kappa shape index (κ3) is 10.2. The SMILES string of the molecule is C=C[C@@H]1C[C@]1(CC(=O)[C@@H]1C[C@@H]2CN1C(=O)[C@H](C(C)(C)C)CC(=O)O[C@@H]1CCC[C@H]1CC/C=C/Cc1c(nc3ccccc3c1OCCN1CCOCC1)O2)C(=O)NS(=O)(=O)C1CC1. The number of ketones is 1. The fourth-order valence-corrected chi connectivity index (χ4v) is 11.5. The van der Waals surface area contributed by atoms with Crippen LogP contribution >= 0.6 is 0 Å². The van der Waals surface area contributed by atoms with Crippen molar-refractivity contribution in [3.05, 3.63) is 54.6 Å². The number of nitrogens with zero attached hydrogens (tertiary/aromatic N) is 3. The molecule has 2 amide bonds. The smallest absolute Gasteiger partial charge is 0.306 e. The third-order valence-electron chi connectivity index (χ3n) is 14.2. The second-order valence-electron chi connectivity index (χ2n) is 19.6. The Labute approximate surface area is 371 Å². The summed E-state index contributed by atoms with van der Waals surface area (Å²) >= 11 is 0. The lowest BCUT2D eigenvalue weighted by molar-refractivity contribution is -0.158. The Bertz CT molecular complexity index is 2210. The first kappa shape index (κ1) is 45.2. The van der Waals surface area contributed by atoms with Gasteiger partial charge in [0, 0.05) is 37.9 Å². The molecule has 2 saturated heterocycles. The Morgan fingerprint density at radius 2 is 1.83 bits per heavy atom. The van der Waals surface area contributed by atoms with Gasteiger partial charge < -0.3 is 23.8 Å². The quantitative estimate of drug-likeness (QED) is 0.216. The number of nitrogens with one attached hydrogen (secondary N) is 1. The van der Waals surface area contributed by atoms with Crippen LogP contribution in [0.1, 0.15) is 97.0 Å². The zero-order valence-electron chi connectivity index (χ0n) is 37.1. The number of Topliss-reactive ketones (excluding diaryl/α,β-unsaturated/α-hetero) is 1. The van der Waals surface area contributed by atoms with E-state index < -0.39 is 62.0 Å². The van der Waals surface area contributed by atoms with E-state index in [9.17, 15) is 22.8 Å². The first-order chi connectivity index (χ1) is 30.2. The summed E-state index contributed by atoms with van der Waals surface area (Å²) in [5.74, 6) is -1.91. The monoisotopic (exact) mass is 888 g/mol. The second kappa shape index (κ2) is 18.6. The van der Waals surface area contributed by atoms with Gasteiger partial charge in [0.25, 0.3) is 0 Å². The number of pyridine rings is 1. The lowest BCUT2D eigenvalue weighted by Crippen LogP contribution is -2.48. The molecule has 0 unspecified atom stereocenters. The predicted octanol–water partition coefficient (Wildman–Crippen LogP) is 5.71. The van der Waals surface area contributed by atoms with Gasteiger partial charge in [0.15, 0.2) is 5.78 Å². The molecule has 342 valence electrons. The average molecular weight is 889 g/mol. The van der Waals surface area contributed by atoms with E-state index in [-0.39, 0.29) is 55.9 Å². The number of rotatable bonds is 11. The number of fused-ring (bicyclic) bond motifs is 5. The number of carbonyl (C=O) groups is 4. The molecule has 7 atom stereocenters. The lowest BCUT2D eigenvalue weighted by atomic mass is 9.77. The molecular weight excluding hydrogens is 825 g/mol. The van der Waals surface area contributed by atoms with E-state index in [2.05, 4.69) is 28.4 Å². The number of morpholine rings is 1. The van der Waals surface area contributed by atoms with Gasteiger partial charge in [-0.1, -0.05) is 51.1 Å². The van der Waals surface area contributed by atoms with E-state index >= 15 is 4.79 Å². The largest absolute Gasteiger partial charge is 0.491 e. The van der Waals surface area contributed by atoms with Crippen LogP contribution in [-0.2, 0) is 45.1 Å². The second-order valence-corrected chi connectivity index (χ2v) is 21.6. The van der Waals surface area contributed by atoms with Crippen molar-refractivity contribution in [2.24, 2.45) is 28.6 Å². The number of esters is 1. The average Bonchev–Trinajstić information content (AvgIpc) is 4.15. The van der Waals surface area contributed by atoms with Crippen LogP contribution in [-0.4, -0.2) is 116 Å². The van der Waals surface area contributed by atoms with E-state index in [0.717, 1.165) is 62.7 Å². The van der Waals surface area contributed by atoms with Crippen LogP contribution < -0.4 is 14.2 Å². The highest BCUT2D eigenvalue weighted by Gasteiger charge is 2.61. The maximum absolute atomic E-state index is 15.0. The minimum atomic E-state index is -3.88. The van der Waals surface area contributed by atoms with Crippen molar-refractivity contribution in [3.63, 3.8) is 0 Å². The Balaban J connectivity index is 1.15. The number of para-hydroxylation sites is 1. The van der Waals surface area contributed by atoms with Gasteiger partial charge in [0.1, 0.15) is 24.6 Å².